The molecule has 0 radical (unpaired) electrons. The van der Waals surface area contributed by atoms with Crippen LogP contribution in [0.2, 0.25) is 0 Å². The summed E-state index contributed by atoms with van der Waals surface area (Å²) >= 11 is 0. The molecule has 1 aromatic rings. The molecule has 0 amide bonds. The second-order valence-corrected chi connectivity index (χ2v) is 3.76. The minimum atomic E-state index is -0.344. The Morgan fingerprint density at radius 3 is 2.82 bits per heavy atom. The minimum Gasteiger partial charge on any atom is -0.466 e. The summed E-state index contributed by atoms with van der Waals surface area (Å²) in [6.07, 6.45) is 3.86. The molecule has 0 fully saturated rings. The van der Waals surface area contributed by atoms with Gasteiger partial charge in [0.05, 0.1) is 7.11 Å². The van der Waals surface area contributed by atoms with Gasteiger partial charge in [-0.25, -0.2) is 4.79 Å². The molecule has 1 aromatic carbocycles. The Morgan fingerprint density at radius 2 is 2.12 bits per heavy atom. The average Bonchev–Trinajstić information content (AvgIpc) is 2.76. The highest BCUT2D eigenvalue weighted by molar-refractivity contribution is 5.81. The highest BCUT2D eigenvalue weighted by Crippen LogP contribution is 2.34. The lowest BCUT2D eigenvalue weighted by Crippen LogP contribution is -1.94. The van der Waals surface area contributed by atoms with Gasteiger partial charge in [-0.1, -0.05) is 6.08 Å². The van der Waals surface area contributed by atoms with E-state index in [1.54, 1.807) is 6.08 Å². The highest BCUT2D eigenvalue weighted by Gasteiger charge is 2.14. The van der Waals surface area contributed by atoms with Crippen LogP contribution in [0.25, 0.3) is 0 Å². The van der Waals surface area contributed by atoms with E-state index in [-0.39, 0.29) is 12.8 Å². The van der Waals surface area contributed by atoms with Crippen LogP contribution in [0.15, 0.2) is 24.3 Å². The quantitative estimate of drug-likeness (QED) is 0.592. The van der Waals surface area contributed by atoms with Crippen LogP contribution in [-0.2, 0) is 16.0 Å². The van der Waals surface area contributed by atoms with E-state index in [0.717, 1.165) is 22.6 Å². The monoisotopic (exact) mass is 234 g/mol. The first-order chi connectivity index (χ1) is 8.20. The fraction of sp³-hybridized carbons (Fsp3) is 0.308. The van der Waals surface area contributed by atoms with Gasteiger partial charge in [-0.15, -0.1) is 0 Å². The molecule has 1 heterocycles. The number of allylic oxidation sites excluding steroid dienone is 1. The summed E-state index contributed by atoms with van der Waals surface area (Å²) in [5, 5.41) is 0. The van der Waals surface area contributed by atoms with E-state index in [9.17, 15) is 4.79 Å². The summed E-state index contributed by atoms with van der Waals surface area (Å²) in [6, 6.07) is 3.89. The first kappa shape index (κ1) is 11.5. The van der Waals surface area contributed by atoms with Gasteiger partial charge in [-0.3, -0.25) is 0 Å². The normalized spacial score (nSPS) is 13.1. The molecule has 0 spiro atoms. The number of fused-ring (bicyclic) bond motifs is 1. The van der Waals surface area contributed by atoms with Gasteiger partial charge in [0.15, 0.2) is 11.5 Å². The molecule has 0 aliphatic carbocycles. The Kier molecular flexibility index (Phi) is 3.32. The van der Waals surface area contributed by atoms with Crippen molar-refractivity contribution in [1.82, 2.24) is 0 Å². The Labute approximate surface area is 99.8 Å². The number of methoxy groups -OCH3 is 1. The molecule has 0 atom stereocenters. The molecule has 90 valence electrons. The molecule has 4 nitrogen and oxygen atoms in total. The number of benzene rings is 1. The molecular weight excluding hydrogens is 220 g/mol. The second-order valence-electron chi connectivity index (χ2n) is 3.76. The molecule has 0 unspecified atom stereocenters. The van der Waals surface area contributed by atoms with Crippen molar-refractivity contribution >= 4 is 5.97 Å². The third-order valence-electron chi connectivity index (χ3n) is 2.62. The predicted molar refractivity (Wildman–Crippen MR) is 62.2 cm³/mol. The molecule has 1 aliphatic rings. The Bertz CT molecular complexity index is 463. The number of carbonyl (C=O) groups excluding carboxylic acids is 1. The van der Waals surface area contributed by atoms with Crippen molar-refractivity contribution in [2.75, 3.05) is 13.9 Å². The van der Waals surface area contributed by atoms with Crippen LogP contribution in [0.1, 0.15) is 11.1 Å². The van der Waals surface area contributed by atoms with E-state index in [4.69, 9.17) is 9.47 Å². The van der Waals surface area contributed by atoms with E-state index in [1.807, 2.05) is 19.1 Å². The van der Waals surface area contributed by atoms with Crippen LogP contribution >= 0.6 is 0 Å². The lowest BCUT2D eigenvalue weighted by molar-refractivity contribution is -0.134. The summed E-state index contributed by atoms with van der Waals surface area (Å²) < 4.78 is 15.1. The standard InChI is InChI=1S/C13H14O4/c1-9-6-11-12(17-8-16-11)7-10(9)4-3-5-13(14)15-2/h3,5-7H,4,8H2,1-2H3/b5-3+. The minimum absolute atomic E-state index is 0.274. The summed E-state index contributed by atoms with van der Waals surface area (Å²) in [5.41, 5.74) is 2.22. The van der Waals surface area contributed by atoms with Gasteiger partial charge < -0.3 is 14.2 Å². The van der Waals surface area contributed by atoms with Crippen LogP contribution < -0.4 is 9.47 Å². The van der Waals surface area contributed by atoms with E-state index < -0.39 is 0 Å². The van der Waals surface area contributed by atoms with Crippen molar-refractivity contribution in [3.8, 4) is 11.5 Å². The molecule has 17 heavy (non-hydrogen) atoms. The molecule has 0 N–H and O–H groups in total. The number of rotatable bonds is 3. The van der Waals surface area contributed by atoms with Crippen molar-refractivity contribution in [3.63, 3.8) is 0 Å². The van der Waals surface area contributed by atoms with Crippen molar-refractivity contribution in [1.29, 1.82) is 0 Å². The van der Waals surface area contributed by atoms with Crippen LogP contribution in [0.3, 0.4) is 0 Å². The van der Waals surface area contributed by atoms with E-state index in [0.29, 0.717) is 6.42 Å². The first-order valence-corrected chi connectivity index (χ1v) is 5.34. The van der Waals surface area contributed by atoms with Gasteiger partial charge in [-0.05, 0) is 36.6 Å². The Morgan fingerprint density at radius 1 is 1.41 bits per heavy atom. The van der Waals surface area contributed by atoms with Gasteiger partial charge in [-0.2, -0.15) is 0 Å². The summed E-state index contributed by atoms with van der Waals surface area (Å²) in [7, 11) is 1.36. The molecule has 4 heteroatoms. The van der Waals surface area contributed by atoms with Crippen molar-refractivity contribution in [2.24, 2.45) is 0 Å². The average molecular weight is 234 g/mol. The second kappa shape index (κ2) is 4.91. The van der Waals surface area contributed by atoms with Crippen LogP contribution in [0.4, 0.5) is 0 Å². The van der Waals surface area contributed by atoms with Gasteiger partial charge in [0.25, 0.3) is 0 Å². The summed E-state index contributed by atoms with van der Waals surface area (Å²) in [6.45, 7) is 2.28. The van der Waals surface area contributed by atoms with Crippen molar-refractivity contribution < 1.29 is 19.0 Å². The lowest BCUT2D eigenvalue weighted by Gasteiger charge is -2.04. The molecule has 2 rings (SSSR count). The number of carbonyl (C=O) groups is 1. The number of aryl methyl sites for hydroxylation is 1. The van der Waals surface area contributed by atoms with Crippen LogP contribution in [0.5, 0.6) is 11.5 Å². The van der Waals surface area contributed by atoms with Gasteiger partial charge in [0, 0.05) is 6.08 Å². The summed E-state index contributed by atoms with van der Waals surface area (Å²) in [4.78, 5) is 10.9. The topological polar surface area (TPSA) is 44.8 Å². The molecule has 0 saturated carbocycles. The molecule has 1 aliphatic heterocycles. The predicted octanol–water partition coefficient (Wildman–Crippen LogP) is 2.00. The highest BCUT2D eigenvalue weighted by atomic mass is 16.7. The SMILES string of the molecule is COC(=O)/C=C/Cc1cc2c(cc1C)OCO2. The number of esters is 1. The van der Waals surface area contributed by atoms with E-state index in [2.05, 4.69) is 4.74 Å². The maximum Gasteiger partial charge on any atom is 0.330 e. The Balaban J connectivity index is 2.11. The molecular formula is C13H14O4. The maximum absolute atomic E-state index is 10.9. The third-order valence-corrected chi connectivity index (χ3v) is 2.62. The molecule has 0 saturated heterocycles. The Hall–Kier alpha value is -1.97. The van der Waals surface area contributed by atoms with Gasteiger partial charge >= 0.3 is 5.97 Å². The first-order valence-electron chi connectivity index (χ1n) is 5.34. The zero-order valence-corrected chi connectivity index (χ0v) is 9.86. The fourth-order valence-electron chi connectivity index (χ4n) is 1.66. The van der Waals surface area contributed by atoms with Crippen LogP contribution in [-0.4, -0.2) is 19.9 Å². The van der Waals surface area contributed by atoms with Gasteiger partial charge in [0.2, 0.25) is 6.79 Å². The summed E-state index contributed by atoms with van der Waals surface area (Å²) in [5.74, 6) is 1.20. The van der Waals surface area contributed by atoms with E-state index >= 15 is 0 Å². The smallest absolute Gasteiger partial charge is 0.330 e. The maximum atomic E-state index is 10.9. The zero-order valence-electron chi connectivity index (χ0n) is 9.86. The fourth-order valence-corrected chi connectivity index (χ4v) is 1.66. The van der Waals surface area contributed by atoms with Crippen molar-refractivity contribution in [2.45, 2.75) is 13.3 Å². The largest absolute Gasteiger partial charge is 0.466 e. The van der Waals surface area contributed by atoms with E-state index in [1.165, 1.54) is 13.2 Å². The van der Waals surface area contributed by atoms with Crippen LogP contribution in [0, 0.1) is 6.92 Å². The number of hydrogen-bond donors (Lipinski definition) is 0. The molecule has 0 bridgehead atoms. The number of hydrogen-bond acceptors (Lipinski definition) is 4. The van der Waals surface area contributed by atoms with Gasteiger partial charge in [0.1, 0.15) is 0 Å². The van der Waals surface area contributed by atoms with Crippen molar-refractivity contribution in [3.05, 3.63) is 35.4 Å². The lowest BCUT2D eigenvalue weighted by atomic mass is 10.0. The number of ether oxygens (including phenoxy) is 3. The third kappa shape index (κ3) is 2.58. The zero-order chi connectivity index (χ0) is 12.3. The molecule has 0 aromatic heterocycles.